The van der Waals surface area contributed by atoms with Crippen LogP contribution in [0.2, 0.25) is 0 Å². The Bertz CT molecular complexity index is 484. The number of nitrogen functional groups attached to an aromatic ring is 1. The molecule has 4 nitrogen and oxygen atoms in total. The number of carbonyl (C=O) groups is 1. The number of hydrogen-bond acceptors (Lipinski definition) is 3. The molecule has 104 valence electrons. The molecule has 1 fully saturated rings. The van der Waals surface area contributed by atoms with Crippen LogP contribution in [0, 0.1) is 0 Å². The fourth-order valence-corrected chi connectivity index (χ4v) is 3.37. The summed E-state index contributed by atoms with van der Waals surface area (Å²) in [6.07, 6.45) is 6.24. The van der Waals surface area contributed by atoms with Crippen molar-refractivity contribution in [3.63, 3.8) is 0 Å². The molecule has 1 amide bonds. The second-order valence-electron chi connectivity index (χ2n) is 5.16. The maximum absolute atomic E-state index is 11.4. The van der Waals surface area contributed by atoms with Gasteiger partial charge in [0, 0.05) is 23.2 Å². The van der Waals surface area contributed by atoms with E-state index in [1.165, 1.54) is 32.1 Å². The zero-order chi connectivity index (χ0) is 14.0. The van der Waals surface area contributed by atoms with Gasteiger partial charge in [-0.3, -0.25) is 4.79 Å². The maximum Gasteiger partial charge on any atom is 0.250 e. The zero-order valence-electron chi connectivity index (χ0n) is 11.2. The van der Waals surface area contributed by atoms with Crippen molar-refractivity contribution in [3.8, 4) is 0 Å². The van der Waals surface area contributed by atoms with E-state index in [9.17, 15) is 4.79 Å². The highest BCUT2D eigenvalue weighted by atomic mass is 79.9. The minimum Gasteiger partial charge on any atom is -0.398 e. The van der Waals surface area contributed by atoms with Crippen LogP contribution in [0.3, 0.4) is 0 Å². The molecule has 0 unspecified atom stereocenters. The van der Waals surface area contributed by atoms with Crippen LogP contribution < -0.4 is 16.4 Å². The number of anilines is 2. The normalized spacial score (nSPS) is 16.3. The van der Waals surface area contributed by atoms with Crippen LogP contribution >= 0.6 is 15.9 Å². The van der Waals surface area contributed by atoms with Crippen molar-refractivity contribution < 1.29 is 4.79 Å². The van der Waals surface area contributed by atoms with Crippen LogP contribution in [0.1, 0.15) is 42.5 Å². The number of carbonyl (C=O) groups excluding carboxylic acids is 1. The molecule has 0 aromatic heterocycles. The van der Waals surface area contributed by atoms with E-state index in [1.807, 2.05) is 0 Å². The Morgan fingerprint density at radius 3 is 2.53 bits per heavy atom. The highest BCUT2D eigenvalue weighted by molar-refractivity contribution is 9.10. The zero-order valence-corrected chi connectivity index (χ0v) is 12.7. The van der Waals surface area contributed by atoms with Gasteiger partial charge in [0.15, 0.2) is 0 Å². The average Bonchev–Trinajstić information content (AvgIpc) is 2.38. The number of hydrogen-bond donors (Lipinski definition) is 2. The van der Waals surface area contributed by atoms with Gasteiger partial charge in [-0.05, 0) is 40.9 Å². The molecule has 1 aromatic rings. The lowest BCUT2D eigenvalue weighted by Crippen LogP contribution is -2.33. The molecule has 4 N–H and O–H groups in total. The third kappa shape index (κ3) is 3.03. The molecule has 1 saturated carbocycles. The van der Waals surface area contributed by atoms with Crippen LogP contribution in [0.25, 0.3) is 0 Å². The number of amides is 1. The van der Waals surface area contributed by atoms with Gasteiger partial charge >= 0.3 is 0 Å². The van der Waals surface area contributed by atoms with Crippen molar-refractivity contribution >= 4 is 33.2 Å². The van der Waals surface area contributed by atoms with E-state index in [-0.39, 0.29) is 0 Å². The summed E-state index contributed by atoms with van der Waals surface area (Å²) in [5.74, 6) is -0.483. The first-order valence-electron chi connectivity index (χ1n) is 6.62. The third-order valence-electron chi connectivity index (χ3n) is 3.89. The molecular formula is C14H20BrN3O. The largest absolute Gasteiger partial charge is 0.398 e. The molecule has 2 rings (SSSR count). The van der Waals surface area contributed by atoms with Gasteiger partial charge in [-0.2, -0.15) is 0 Å². The summed E-state index contributed by atoms with van der Waals surface area (Å²) in [5, 5.41) is 0. The minimum atomic E-state index is -0.483. The Morgan fingerprint density at radius 1 is 1.32 bits per heavy atom. The van der Waals surface area contributed by atoms with Gasteiger partial charge in [0.2, 0.25) is 0 Å². The number of primary amides is 1. The quantitative estimate of drug-likeness (QED) is 0.839. The van der Waals surface area contributed by atoms with E-state index in [2.05, 4.69) is 27.9 Å². The number of rotatable bonds is 3. The summed E-state index contributed by atoms with van der Waals surface area (Å²) >= 11 is 3.52. The van der Waals surface area contributed by atoms with E-state index >= 15 is 0 Å². The molecule has 0 aliphatic heterocycles. The predicted octanol–water partition coefficient (Wildman–Crippen LogP) is 2.90. The Kier molecular flexibility index (Phi) is 4.34. The van der Waals surface area contributed by atoms with Crippen LogP contribution in [0.4, 0.5) is 11.4 Å². The summed E-state index contributed by atoms with van der Waals surface area (Å²) in [5.41, 5.74) is 13.0. The topological polar surface area (TPSA) is 72.3 Å². The van der Waals surface area contributed by atoms with E-state index < -0.39 is 5.91 Å². The molecule has 1 aliphatic carbocycles. The van der Waals surface area contributed by atoms with Crippen molar-refractivity contribution in [3.05, 3.63) is 22.2 Å². The lowest BCUT2D eigenvalue weighted by Gasteiger charge is -2.34. The fraction of sp³-hybridized carbons (Fsp3) is 0.500. The van der Waals surface area contributed by atoms with Crippen molar-refractivity contribution in [2.24, 2.45) is 5.73 Å². The minimum absolute atomic E-state index is 0.390. The molecule has 19 heavy (non-hydrogen) atoms. The molecule has 1 aliphatic rings. The van der Waals surface area contributed by atoms with E-state index in [0.717, 1.165) is 10.2 Å². The Hall–Kier alpha value is -1.23. The fourth-order valence-electron chi connectivity index (χ4n) is 2.73. The van der Waals surface area contributed by atoms with Crippen LogP contribution in [0.5, 0.6) is 0 Å². The second kappa shape index (κ2) is 5.82. The number of nitrogens with two attached hydrogens (primary N) is 2. The molecule has 0 saturated heterocycles. The molecular weight excluding hydrogens is 306 g/mol. The first-order chi connectivity index (χ1) is 9.00. The van der Waals surface area contributed by atoms with Gasteiger partial charge < -0.3 is 16.4 Å². The van der Waals surface area contributed by atoms with Gasteiger partial charge in [-0.15, -0.1) is 0 Å². The third-order valence-corrected chi connectivity index (χ3v) is 4.52. The standard InChI is InChI=1S/C14H20BrN3O/c1-18(9-5-3-2-4-6-9)13-7-10(14(17)19)12(16)8-11(13)15/h7-9H,2-6,16H2,1H3,(H2,17,19). The molecule has 0 atom stereocenters. The van der Waals surface area contributed by atoms with Crippen molar-refractivity contribution in [1.82, 2.24) is 0 Å². The van der Waals surface area contributed by atoms with E-state index in [1.54, 1.807) is 12.1 Å². The van der Waals surface area contributed by atoms with E-state index in [4.69, 9.17) is 11.5 Å². The Balaban J connectivity index is 2.32. The van der Waals surface area contributed by atoms with Crippen LogP contribution in [-0.4, -0.2) is 19.0 Å². The Labute approximate surface area is 122 Å². The molecule has 0 bridgehead atoms. The van der Waals surface area contributed by atoms with Gasteiger partial charge in [-0.1, -0.05) is 19.3 Å². The monoisotopic (exact) mass is 325 g/mol. The van der Waals surface area contributed by atoms with Crippen molar-refractivity contribution in [2.45, 2.75) is 38.1 Å². The van der Waals surface area contributed by atoms with Gasteiger partial charge in [0.05, 0.1) is 11.3 Å². The first kappa shape index (κ1) is 14.2. The SMILES string of the molecule is CN(c1cc(C(N)=O)c(N)cc1Br)C1CCCCC1. The summed E-state index contributed by atoms with van der Waals surface area (Å²) < 4.78 is 0.906. The van der Waals surface area contributed by atoms with Gasteiger partial charge in [-0.25, -0.2) is 0 Å². The first-order valence-corrected chi connectivity index (χ1v) is 7.41. The lowest BCUT2D eigenvalue weighted by atomic mass is 9.94. The predicted molar refractivity (Wildman–Crippen MR) is 82.3 cm³/mol. The number of halogens is 1. The van der Waals surface area contributed by atoms with Crippen molar-refractivity contribution in [1.29, 1.82) is 0 Å². The maximum atomic E-state index is 11.4. The second-order valence-corrected chi connectivity index (χ2v) is 6.01. The summed E-state index contributed by atoms with van der Waals surface area (Å²) in [6.45, 7) is 0. The summed E-state index contributed by atoms with van der Waals surface area (Å²) in [6, 6.07) is 4.07. The van der Waals surface area contributed by atoms with Crippen LogP contribution in [0.15, 0.2) is 16.6 Å². The van der Waals surface area contributed by atoms with Crippen LogP contribution in [-0.2, 0) is 0 Å². The summed E-state index contributed by atoms with van der Waals surface area (Å²) in [4.78, 5) is 13.6. The molecule has 5 heteroatoms. The molecule has 1 aromatic carbocycles. The molecule has 0 heterocycles. The summed E-state index contributed by atoms with van der Waals surface area (Å²) in [7, 11) is 2.07. The average molecular weight is 326 g/mol. The van der Waals surface area contributed by atoms with E-state index in [0.29, 0.717) is 17.3 Å². The molecule has 0 radical (unpaired) electrons. The number of benzene rings is 1. The molecule has 0 spiro atoms. The van der Waals surface area contributed by atoms with Gasteiger partial charge in [0.25, 0.3) is 5.91 Å². The van der Waals surface area contributed by atoms with Gasteiger partial charge in [0.1, 0.15) is 0 Å². The lowest BCUT2D eigenvalue weighted by molar-refractivity contribution is 0.100. The highest BCUT2D eigenvalue weighted by Gasteiger charge is 2.21. The number of nitrogens with zero attached hydrogens (tertiary/aromatic N) is 1. The van der Waals surface area contributed by atoms with Crippen molar-refractivity contribution in [2.75, 3.05) is 17.7 Å². The smallest absolute Gasteiger partial charge is 0.250 e. The Morgan fingerprint density at radius 2 is 1.95 bits per heavy atom. The highest BCUT2D eigenvalue weighted by Crippen LogP contribution is 2.34.